The lowest BCUT2D eigenvalue weighted by Gasteiger charge is -2.33. The predicted octanol–water partition coefficient (Wildman–Crippen LogP) is 3.29. The fourth-order valence-corrected chi connectivity index (χ4v) is 3.08. The van der Waals surface area contributed by atoms with Crippen molar-refractivity contribution >= 4 is 23.3 Å². The summed E-state index contributed by atoms with van der Waals surface area (Å²) >= 11 is 0. The monoisotopic (exact) mass is 391 g/mol. The Bertz CT molecular complexity index is 749. The number of carbonyl (C=O) groups is 2. The average Bonchev–Trinajstić information content (AvgIpc) is 2.60. The number of nitro groups is 1. The van der Waals surface area contributed by atoms with Gasteiger partial charge in [-0.25, -0.2) is 4.79 Å². The summed E-state index contributed by atoms with van der Waals surface area (Å²) in [5, 5.41) is 13.9. The van der Waals surface area contributed by atoms with Gasteiger partial charge in [0, 0.05) is 30.8 Å². The highest BCUT2D eigenvalue weighted by Gasteiger charge is 2.27. The number of anilines is 1. The number of carbonyl (C=O) groups excluding carboxylic acids is 2. The van der Waals surface area contributed by atoms with E-state index in [9.17, 15) is 19.7 Å². The molecule has 0 aliphatic carbocycles. The zero-order chi connectivity index (χ0) is 21.1. The lowest BCUT2D eigenvalue weighted by atomic mass is 9.98. The third-order valence-corrected chi connectivity index (χ3v) is 4.69. The first-order valence-corrected chi connectivity index (χ1v) is 9.54. The van der Waals surface area contributed by atoms with E-state index in [4.69, 9.17) is 4.74 Å². The van der Waals surface area contributed by atoms with Crippen molar-refractivity contribution in [1.82, 2.24) is 5.32 Å². The number of piperidine rings is 1. The predicted molar refractivity (Wildman–Crippen MR) is 106 cm³/mol. The fourth-order valence-electron chi connectivity index (χ4n) is 3.08. The molecule has 1 heterocycles. The molecule has 8 nitrogen and oxygen atoms in total. The lowest BCUT2D eigenvalue weighted by molar-refractivity contribution is -0.384. The number of nitrogens with zero attached hydrogens (tertiary/aromatic N) is 2. The van der Waals surface area contributed by atoms with E-state index < -0.39 is 28.4 Å². The molecule has 0 radical (unpaired) electrons. The molecular formula is C20H29N3O5. The summed E-state index contributed by atoms with van der Waals surface area (Å²) in [4.78, 5) is 37.7. The molecule has 8 heteroatoms. The van der Waals surface area contributed by atoms with Gasteiger partial charge in [0.25, 0.3) is 11.6 Å². The summed E-state index contributed by atoms with van der Waals surface area (Å²) in [7, 11) is 0. The van der Waals surface area contributed by atoms with Gasteiger partial charge in [0.1, 0.15) is 0 Å². The second kappa shape index (κ2) is 8.58. The summed E-state index contributed by atoms with van der Waals surface area (Å²) in [6, 6.07) is 4.20. The zero-order valence-electron chi connectivity index (χ0n) is 17.2. The van der Waals surface area contributed by atoms with Crippen LogP contribution >= 0.6 is 0 Å². The minimum atomic E-state index is -1.01. The minimum Gasteiger partial charge on any atom is -0.449 e. The number of hydrogen-bond acceptors (Lipinski definition) is 6. The number of ether oxygens (including phenoxy) is 1. The van der Waals surface area contributed by atoms with E-state index in [1.165, 1.54) is 19.1 Å². The molecule has 0 bridgehead atoms. The van der Waals surface area contributed by atoms with Crippen molar-refractivity contribution in [3.05, 3.63) is 33.9 Å². The molecule has 1 atom stereocenters. The number of benzene rings is 1. The highest BCUT2D eigenvalue weighted by atomic mass is 16.6. The number of hydrogen-bond donors (Lipinski definition) is 1. The summed E-state index contributed by atoms with van der Waals surface area (Å²) in [6.07, 6.45) is 0.950. The SMILES string of the molecule is CC1CCN(c2ccc([N+](=O)[O-])cc2C(=O)O[C@H](C)C(=O)NC(C)(C)C)CC1. The van der Waals surface area contributed by atoms with Crippen molar-refractivity contribution in [2.75, 3.05) is 18.0 Å². The highest BCUT2D eigenvalue weighted by Crippen LogP contribution is 2.30. The highest BCUT2D eigenvalue weighted by molar-refractivity contribution is 5.98. The van der Waals surface area contributed by atoms with Gasteiger partial charge < -0.3 is 15.0 Å². The molecule has 1 aromatic rings. The maximum Gasteiger partial charge on any atom is 0.341 e. The summed E-state index contributed by atoms with van der Waals surface area (Å²) in [6.45, 7) is 10.7. The molecule has 0 unspecified atom stereocenters. The van der Waals surface area contributed by atoms with E-state index in [0.29, 0.717) is 11.6 Å². The minimum absolute atomic E-state index is 0.110. The van der Waals surface area contributed by atoms with Crippen LogP contribution in [0, 0.1) is 16.0 Å². The Balaban J connectivity index is 2.25. The van der Waals surface area contributed by atoms with Crippen molar-refractivity contribution in [3.8, 4) is 0 Å². The van der Waals surface area contributed by atoms with Crippen LogP contribution in [-0.2, 0) is 9.53 Å². The second-order valence-corrected chi connectivity index (χ2v) is 8.41. The van der Waals surface area contributed by atoms with Crippen LogP contribution in [0.15, 0.2) is 18.2 Å². The van der Waals surface area contributed by atoms with Crippen LogP contribution in [0.1, 0.15) is 57.8 Å². The molecule has 28 heavy (non-hydrogen) atoms. The molecule has 1 aliphatic rings. The molecule has 0 saturated carbocycles. The van der Waals surface area contributed by atoms with Gasteiger partial charge in [-0.3, -0.25) is 14.9 Å². The summed E-state index contributed by atoms with van der Waals surface area (Å²) in [5.41, 5.74) is 0.0665. The van der Waals surface area contributed by atoms with Crippen LogP contribution in [-0.4, -0.2) is 41.5 Å². The Morgan fingerprint density at radius 3 is 2.43 bits per heavy atom. The topological polar surface area (TPSA) is 102 Å². The molecule has 154 valence electrons. The molecule has 1 fully saturated rings. The molecule has 2 rings (SSSR count). The number of nitro benzene ring substituents is 1. The van der Waals surface area contributed by atoms with E-state index in [2.05, 4.69) is 12.2 Å². The van der Waals surface area contributed by atoms with E-state index in [0.717, 1.165) is 25.9 Å². The third kappa shape index (κ3) is 5.68. The van der Waals surface area contributed by atoms with Crippen molar-refractivity contribution < 1.29 is 19.2 Å². The van der Waals surface area contributed by atoms with Gasteiger partial charge in [0.05, 0.1) is 16.2 Å². The first-order valence-electron chi connectivity index (χ1n) is 9.54. The smallest absolute Gasteiger partial charge is 0.341 e. The number of non-ortho nitro benzene ring substituents is 1. The fraction of sp³-hybridized carbons (Fsp3) is 0.600. The molecule has 1 amide bonds. The van der Waals surface area contributed by atoms with Gasteiger partial charge in [0.15, 0.2) is 6.10 Å². The Morgan fingerprint density at radius 2 is 1.89 bits per heavy atom. The number of amides is 1. The summed E-state index contributed by atoms with van der Waals surface area (Å²) in [5.74, 6) is -0.556. The molecule has 0 spiro atoms. The van der Waals surface area contributed by atoms with Crippen molar-refractivity contribution in [2.24, 2.45) is 5.92 Å². The maximum absolute atomic E-state index is 12.8. The van der Waals surface area contributed by atoms with Crippen LogP contribution in [0.4, 0.5) is 11.4 Å². The second-order valence-electron chi connectivity index (χ2n) is 8.41. The normalized spacial score (nSPS) is 16.4. The van der Waals surface area contributed by atoms with Gasteiger partial charge in [0.2, 0.25) is 0 Å². The molecule has 1 N–H and O–H groups in total. The van der Waals surface area contributed by atoms with Gasteiger partial charge in [-0.15, -0.1) is 0 Å². The first-order chi connectivity index (χ1) is 13.0. The number of rotatable bonds is 5. The van der Waals surface area contributed by atoms with Crippen molar-refractivity contribution in [3.63, 3.8) is 0 Å². The number of esters is 1. The molecule has 1 aliphatic heterocycles. The van der Waals surface area contributed by atoms with E-state index in [-0.39, 0.29) is 11.3 Å². The van der Waals surface area contributed by atoms with Gasteiger partial charge >= 0.3 is 5.97 Å². The summed E-state index contributed by atoms with van der Waals surface area (Å²) < 4.78 is 5.33. The van der Waals surface area contributed by atoms with Crippen LogP contribution in [0.5, 0.6) is 0 Å². The van der Waals surface area contributed by atoms with Crippen molar-refractivity contribution in [2.45, 2.75) is 59.1 Å². The molecule has 0 aromatic heterocycles. The average molecular weight is 391 g/mol. The van der Waals surface area contributed by atoms with E-state index in [1.807, 2.05) is 25.7 Å². The van der Waals surface area contributed by atoms with E-state index >= 15 is 0 Å². The van der Waals surface area contributed by atoms with Gasteiger partial charge in [-0.05, 0) is 52.5 Å². The van der Waals surface area contributed by atoms with E-state index in [1.54, 1.807) is 6.07 Å². The van der Waals surface area contributed by atoms with Crippen LogP contribution in [0.25, 0.3) is 0 Å². The number of nitrogens with one attached hydrogen (secondary N) is 1. The quantitative estimate of drug-likeness (QED) is 0.469. The Hall–Kier alpha value is -2.64. The Morgan fingerprint density at radius 1 is 1.29 bits per heavy atom. The molecule has 1 saturated heterocycles. The Kier molecular flexibility index (Phi) is 6.64. The standard InChI is InChI=1S/C20H29N3O5/c1-13-8-10-22(11-9-13)17-7-6-15(23(26)27)12-16(17)19(25)28-14(2)18(24)21-20(3,4)5/h6-7,12-14H,8-11H2,1-5H3,(H,21,24)/t14-/m1/s1. The first kappa shape index (κ1) is 21.7. The molecule has 1 aromatic carbocycles. The largest absolute Gasteiger partial charge is 0.449 e. The van der Waals surface area contributed by atoms with Crippen LogP contribution in [0.2, 0.25) is 0 Å². The van der Waals surface area contributed by atoms with Crippen LogP contribution in [0.3, 0.4) is 0 Å². The third-order valence-electron chi connectivity index (χ3n) is 4.69. The van der Waals surface area contributed by atoms with Gasteiger partial charge in [-0.1, -0.05) is 6.92 Å². The van der Waals surface area contributed by atoms with Gasteiger partial charge in [-0.2, -0.15) is 0 Å². The molecular weight excluding hydrogens is 362 g/mol. The zero-order valence-corrected chi connectivity index (χ0v) is 17.2. The maximum atomic E-state index is 12.8. The lowest BCUT2D eigenvalue weighted by Crippen LogP contribution is -2.46. The Labute approximate surface area is 165 Å². The van der Waals surface area contributed by atoms with Crippen molar-refractivity contribution in [1.29, 1.82) is 0 Å². The van der Waals surface area contributed by atoms with Crippen LogP contribution < -0.4 is 10.2 Å².